The van der Waals surface area contributed by atoms with Crippen LogP contribution >= 0.6 is 11.6 Å². The summed E-state index contributed by atoms with van der Waals surface area (Å²) in [4.78, 5) is 8.56. The van der Waals surface area contributed by atoms with E-state index in [1.54, 1.807) is 13.2 Å². The van der Waals surface area contributed by atoms with Gasteiger partial charge in [-0.3, -0.25) is 0 Å². The fourth-order valence-electron chi connectivity index (χ4n) is 1.85. The number of methoxy groups -OCH3 is 1. The Morgan fingerprint density at radius 1 is 1.14 bits per heavy atom. The molecule has 0 saturated carbocycles. The normalized spacial score (nSPS) is 10.8. The number of hydrogen-bond acceptors (Lipinski definition) is 4. The lowest BCUT2D eigenvalue weighted by Gasteiger charge is -2.12. The second kappa shape index (κ2) is 6.76. The van der Waals surface area contributed by atoms with E-state index < -0.39 is 0 Å². The zero-order valence-electron chi connectivity index (χ0n) is 12.7. The molecule has 0 amide bonds. The van der Waals surface area contributed by atoms with Crippen LogP contribution < -0.4 is 9.47 Å². The van der Waals surface area contributed by atoms with Gasteiger partial charge < -0.3 is 9.47 Å². The maximum Gasteiger partial charge on any atom is 0.224 e. The van der Waals surface area contributed by atoms with Crippen LogP contribution in [0.25, 0.3) is 0 Å². The molecule has 4 nitrogen and oxygen atoms in total. The Hall–Kier alpha value is -1.81. The summed E-state index contributed by atoms with van der Waals surface area (Å²) in [7, 11) is 1.62. The van der Waals surface area contributed by atoms with E-state index in [1.807, 2.05) is 32.0 Å². The molecule has 1 aromatic heterocycles. The van der Waals surface area contributed by atoms with Crippen LogP contribution in [0.15, 0.2) is 24.3 Å². The van der Waals surface area contributed by atoms with Gasteiger partial charge in [0.1, 0.15) is 11.0 Å². The van der Waals surface area contributed by atoms with Gasteiger partial charge in [-0.25, -0.2) is 4.98 Å². The van der Waals surface area contributed by atoms with E-state index in [4.69, 9.17) is 21.1 Å². The number of hydrogen-bond donors (Lipinski definition) is 0. The van der Waals surface area contributed by atoms with E-state index >= 15 is 0 Å². The number of aryl methyl sites for hydroxylation is 1. The molecule has 21 heavy (non-hydrogen) atoms. The summed E-state index contributed by atoms with van der Waals surface area (Å²) in [5, 5.41) is 0.368. The largest absolute Gasteiger partial charge is 0.493 e. The van der Waals surface area contributed by atoms with Gasteiger partial charge >= 0.3 is 0 Å². The summed E-state index contributed by atoms with van der Waals surface area (Å²) < 4.78 is 11.2. The van der Waals surface area contributed by atoms with E-state index in [0.717, 1.165) is 6.42 Å². The monoisotopic (exact) mass is 306 g/mol. The van der Waals surface area contributed by atoms with Crippen LogP contribution in [0.1, 0.15) is 38.1 Å². The molecule has 0 N–H and O–H groups in total. The van der Waals surface area contributed by atoms with Crippen LogP contribution in [-0.4, -0.2) is 17.1 Å². The Labute approximate surface area is 130 Å². The first-order valence-corrected chi connectivity index (χ1v) is 7.30. The van der Waals surface area contributed by atoms with Crippen molar-refractivity contribution < 1.29 is 9.47 Å². The van der Waals surface area contributed by atoms with E-state index in [0.29, 0.717) is 28.4 Å². The van der Waals surface area contributed by atoms with E-state index in [1.165, 1.54) is 5.56 Å². The molecule has 0 aliphatic carbocycles. The highest BCUT2D eigenvalue weighted by atomic mass is 35.5. The van der Waals surface area contributed by atoms with Gasteiger partial charge in [-0.05, 0) is 24.1 Å². The molecule has 0 aliphatic rings. The van der Waals surface area contributed by atoms with E-state index in [9.17, 15) is 0 Å². The number of nitrogens with zero attached hydrogens (tertiary/aromatic N) is 2. The third-order valence-electron chi connectivity index (χ3n) is 3.06. The maximum atomic E-state index is 6.02. The van der Waals surface area contributed by atoms with Gasteiger partial charge in [-0.15, -0.1) is 0 Å². The predicted molar refractivity (Wildman–Crippen MR) is 83.6 cm³/mol. The average Bonchev–Trinajstić information content (AvgIpc) is 2.47. The zero-order valence-corrected chi connectivity index (χ0v) is 13.4. The van der Waals surface area contributed by atoms with Crippen LogP contribution in [0.4, 0.5) is 0 Å². The third-order valence-corrected chi connectivity index (χ3v) is 3.25. The fourth-order valence-corrected chi connectivity index (χ4v) is 2.03. The highest BCUT2D eigenvalue weighted by molar-refractivity contribution is 6.29. The molecule has 1 aromatic carbocycles. The SMILES string of the molecule is CCc1ccc(Oc2cc(Cl)nc(C(C)C)n2)c(OC)c1. The number of halogens is 1. The van der Waals surface area contributed by atoms with Gasteiger partial charge in [0.25, 0.3) is 0 Å². The van der Waals surface area contributed by atoms with Crippen LogP contribution in [-0.2, 0) is 6.42 Å². The van der Waals surface area contributed by atoms with Crippen LogP contribution in [0.5, 0.6) is 17.4 Å². The second-order valence-electron chi connectivity index (χ2n) is 4.98. The molecule has 112 valence electrons. The summed E-state index contributed by atoms with van der Waals surface area (Å²) in [5.74, 6) is 2.53. The van der Waals surface area contributed by atoms with Crippen molar-refractivity contribution >= 4 is 11.6 Å². The first-order chi connectivity index (χ1) is 10.0. The number of rotatable bonds is 5. The Balaban J connectivity index is 2.33. The molecule has 0 saturated heterocycles. The molecule has 0 unspecified atom stereocenters. The Bertz CT molecular complexity index is 630. The van der Waals surface area contributed by atoms with Crippen LogP contribution in [0.3, 0.4) is 0 Å². The lowest BCUT2D eigenvalue weighted by atomic mass is 10.1. The highest BCUT2D eigenvalue weighted by Gasteiger charge is 2.11. The molecule has 2 rings (SSSR count). The molecule has 2 aromatic rings. The molecule has 0 aliphatic heterocycles. The molecular weight excluding hydrogens is 288 g/mol. The summed E-state index contributed by atoms with van der Waals surface area (Å²) >= 11 is 6.02. The molecular formula is C16H19ClN2O2. The standard InChI is InChI=1S/C16H19ClN2O2/c1-5-11-6-7-12(13(8-11)20-4)21-15-9-14(17)18-16(19-15)10(2)3/h6-10H,5H2,1-4H3. The first kappa shape index (κ1) is 15.6. The third kappa shape index (κ3) is 3.85. The van der Waals surface area contributed by atoms with Crippen molar-refractivity contribution in [3.05, 3.63) is 40.8 Å². The van der Waals surface area contributed by atoms with Crippen molar-refractivity contribution in [2.24, 2.45) is 0 Å². The minimum absolute atomic E-state index is 0.176. The van der Waals surface area contributed by atoms with Crippen molar-refractivity contribution in [3.63, 3.8) is 0 Å². The molecule has 0 radical (unpaired) electrons. The first-order valence-electron chi connectivity index (χ1n) is 6.92. The molecule has 0 spiro atoms. The average molecular weight is 307 g/mol. The summed E-state index contributed by atoms with van der Waals surface area (Å²) in [6, 6.07) is 7.44. The Morgan fingerprint density at radius 3 is 2.52 bits per heavy atom. The molecule has 0 atom stereocenters. The highest BCUT2D eigenvalue weighted by Crippen LogP contribution is 2.32. The molecule has 0 bridgehead atoms. The summed E-state index contributed by atoms with van der Waals surface area (Å²) in [5.41, 5.74) is 1.18. The van der Waals surface area contributed by atoms with E-state index in [2.05, 4.69) is 16.9 Å². The van der Waals surface area contributed by atoms with Gasteiger partial charge in [-0.1, -0.05) is 38.4 Å². The predicted octanol–water partition coefficient (Wildman–Crippen LogP) is 4.62. The number of aromatic nitrogens is 2. The lowest BCUT2D eigenvalue weighted by molar-refractivity contribution is 0.372. The molecule has 5 heteroatoms. The topological polar surface area (TPSA) is 44.2 Å². The van der Waals surface area contributed by atoms with Gasteiger partial charge in [0.2, 0.25) is 5.88 Å². The Morgan fingerprint density at radius 2 is 1.90 bits per heavy atom. The van der Waals surface area contributed by atoms with Crippen molar-refractivity contribution in [1.29, 1.82) is 0 Å². The molecule has 1 heterocycles. The van der Waals surface area contributed by atoms with Gasteiger partial charge in [0.15, 0.2) is 11.5 Å². The number of ether oxygens (including phenoxy) is 2. The quantitative estimate of drug-likeness (QED) is 0.756. The Kier molecular flexibility index (Phi) is 5.02. The fraction of sp³-hybridized carbons (Fsp3) is 0.375. The summed E-state index contributed by atoms with van der Waals surface area (Å²) in [6.45, 7) is 6.10. The van der Waals surface area contributed by atoms with Crippen molar-refractivity contribution in [3.8, 4) is 17.4 Å². The van der Waals surface area contributed by atoms with Crippen molar-refractivity contribution in [2.75, 3.05) is 7.11 Å². The minimum atomic E-state index is 0.176. The van der Waals surface area contributed by atoms with Crippen molar-refractivity contribution in [2.45, 2.75) is 33.1 Å². The second-order valence-corrected chi connectivity index (χ2v) is 5.37. The van der Waals surface area contributed by atoms with Gasteiger partial charge in [0.05, 0.1) is 7.11 Å². The summed E-state index contributed by atoms with van der Waals surface area (Å²) in [6.07, 6.45) is 0.938. The van der Waals surface area contributed by atoms with Crippen molar-refractivity contribution in [1.82, 2.24) is 9.97 Å². The van der Waals surface area contributed by atoms with Crippen LogP contribution in [0.2, 0.25) is 5.15 Å². The van der Waals surface area contributed by atoms with Gasteiger partial charge in [0, 0.05) is 12.0 Å². The maximum absolute atomic E-state index is 6.02. The number of benzene rings is 1. The van der Waals surface area contributed by atoms with Crippen LogP contribution in [0, 0.1) is 0 Å². The van der Waals surface area contributed by atoms with Gasteiger partial charge in [-0.2, -0.15) is 4.98 Å². The lowest BCUT2D eigenvalue weighted by Crippen LogP contribution is -2.00. The van der Waals surface area contributed by atoms with E-state index in [-0.39, 0.29) is 5.92 Å². The minimum Gasteiger partial charge on any atom is -0.493 e. The zero-order chi connectivity index (χ0) is 15.4. The smallest absolute Gasteiger partial charge is 0.224 e. The molecule has 0 fully saturated rings.